The Morgan fingerprint density at radius 3 is 1.72 bits per heavy atom. The molecule has 4 heteroatoms. The van der Waals surface area contributed by atoms with E-state index in [1.165, 1.54) is 68.9 Å². The van der Waals surface area contributed by atoms with Crippen molar-refractivity contribution in [3.63, 3.8) is 0 Å². The van der Waals surface area contributed by atoms with E-state index in [1.807, 2.05) is 29.2 Å². The third-order valence-corrected chi connectivity index (χ3v) is 14.1. The van der Waals surface area contributed by atoms with Crippen LogP contribution in [0.1, 0.15) is 22.3 Å². The van der Waals surface area contributed by atoms with Crippen LogP contribution >= 0.6 is 23.1 Å². The SMILES string of the molecule is c1ccc(-c2cc(-c3ccc4c(c3)sc3ccccc34)nc(-c3ccc(-c4ccc5c(c4)C4(c6ccccc6S5)c5ccccc5-c5ccccc54)cc3)n2)cc1. The molecule has 12 rings (SSSR count). The van der Waals surface area contributed by atoms with E-state index in [0.717, 1.165) is 33.6 Å². The molecular formula is C53H32N2S2. The largest absolute Gasteiger partial charge is 0.228 e. The first-order valence-corrected chi connectivity index (χ1v) is 20.9. The number of aromatic nitrogens is 2. The lowest BCUT2D eigenvalue weighted by molar-refractivity contribution is 0.723. The summed E-state index contributed by atoms with van der Waals surface area (Å²) in [5, 5.41) is 2.58. The number of hydrogen-bond donors (Lipinski definition) is 0. The van der Waals surface area contributed by atoms with Gasteiger partial charge in [-0.05, 0) is 80.9 Å². The van der Waals surface area contributed by atoms with E-state index in [0.29, 0.717) is 5.82 Å². The Labute approximate surface area is 339 Å². The summed E-state index contributed by atoms with van der Waals surface area (Å²) in [4.78, 5) is 13.0. The molecule has 2 aliphatic rings. The monoisotopic (exact) mass is 760 g/mol. The van der Waals surface area contributed by atoms with Crippen molar-refractivity contribution in [2.24, 2.45) is 0 Å². The summed E-state index contributed by atoms with van der Waals surface area (Å²) < 4.78 is 2.56. The maximum atomic E-state index is 5.22. The fraction of sp³-hybridized carbons (Fsp3) is 0.0189. The van der Waals surface area contributed by atoms with Gasteiger partial charge in [-0.1, -0.05) is 169 Å². The average Bonchev–Trinajstić information content (AvgIpc) is 3.80. The van der Waals surface area contributed by atoms with Crippen molar-refractivity contribution in [3.8, 4) is 56.2 Å². The van der Waals surface area contributed by atoms with Gasteiger partial charge >= 0.3 is 0 Å². The Morgan fingerprint density at radius 1 is 0.351 bits per heavy atom. The molecule has 0 bridgehead atoms. The molecule has 8 aromatic carbocycles. The van der Waals surface area contributed by atoms with Gasteiger partial charge < -0.3 is 0 Å². The van der Waals surface area contributed by atoms with Crippen LogP contribution in [0.2, 0.25) is 0 Å². The van der Waals surface area contributed by atoms with Crippen molar-refractivity contribution >= 4 is 43.3 Å². The molecule has 1 aliphatic heterocycles. The Kier molecular flexibility index (Phi) is 7.28. The van der Waals surface area contributed by atoms with Crippen molar-refractivity contribution < 1.29 is 0 Å². The van der Waals surface area contributed by atoms with Crippen LogP contribution in [0.3, 0.4) is 0 Å². The van der Waals surface area contributed by atoms with E-state index in [2.05, 4.69) is 188 Å². The number of benzene rings is 8. The summed E-state index contributed by atoms with van der Waals surface area (Å²) in [5.41, 5.74) is 14.9. The number of nitrogens with zero attached hydrogens (tertiary/aromatic N) is 2. The second-order valence-corrected chi connectivity index (χ2v) is 17.0. The highest BCUT2D eigenvalue weighted by Crippen LogP contribution is 2.62. The highest BCUT2D eigenvalue weighted by Gasteiger charge is 2.50. The fourth-order valence-electron chi connectivity index (χ4n) is 9.21. The van der Waals surface area contributed by atoms with Crippen LogP contribution in [0, 0.1) is 0 Å². The molecule has 0 amide bonds. The first kappa shape index (κ1) is 32.6. The van der Waals surface area contributed by atoms with Gasteiger partial charge in [-0.25, -0.2) is 9.97 Å². The van der Waals surface area contributed by atoms with E-state index < -0.39 is 5.41 Å². The third kappa shape index (κ3) is 4.98. The lowest BCUT2D eigenvalue weighted by Gasteiger charge is -2.40. The van der Waals surface area contributed by atoms with E-state index in [-0.39, 0.29) is 0 Å². The zero-order chi connectivity index (χ0) is 37.5. The lowest BCUT2D eigenvalue weighted by atomic mass is 9.67. The van der Waals surface area contributed by atoms with Gasteiger partial charge in [0, 0.05) is 46.7 Å². The van der Waals surface area contributed by atoms with E-state index in [9.17, 15) is 0 Å². The Hall–Kier alpha value is -6.59. The molecule has 0 fully saturated rings. The van der Waals surface area contributed by atoms with Crippen LogP contribution in [0.5, 0.6) is 0 Å². The van der Waals surface area contributed by atoms with Gasteiger partial charge in [0.1, 0.15) is 0 Å². The van der Waals surface area contributed by atoms with Gasteiger partial charge in [-0.15, -0.1) is 11.3 Å². The van der Waals surface area contributed by atoms with Gasteiger partial charge in [0.15, 0.2) is 5.82 Å². The zero-order valence-corrected chi connectivity index (χ0v) is 32.3. The zero-order valence-electron chi connectivity index (χ0n) is 30.7. The summed E-state index contributed by atoms with van der Waals surface area (Å²) >= 11 is 3.71. The Morgan fingerprint density at radius 2 is 0.930 bits per heavy atom. The smallest absolute Gasteiger partial charge is 0.160 e. The molecule has 0 atom stereocenters. The maximum absolute atomic E-state index is 5.22. The summed E-state index contributed by atoms with van der Waals surface area (Å²) in [7, 11) is 0. The average molecular weight is 761 g/mol. The molecule has 0 saturated carbocycles. The number of fused-ring (bicyclic) bond motifs is 12. The van der Waals surface area contributed by atoms with Crippen LogP contribution in [0.25, 0.3) is 76.3 Å². The Balaban J connectivity index is 0.976. The first-order chi connectivity index (χ1) is 28.2. The second-order valence-electron chi connectivity index (χ2n) is 14.9. The summed E-state index contributed by atoms with van der Waals surface area (Å²) in [6.07, 6.45) is 0. The molecule has 0 unspecified atom stereocenters. The number of thiophene rings is 1. The highest BCUT2D eigenvalue weighted by molar-refractivity contribution is 7.99. The van der Waals surface area contributed by atoms with Crippen LogP contribution in [-0.4, -0.2) is 9.97 Å². The summed E-state index contributed by atoms with van der Waals surface area (Å²) in [6, 6.07) is 70.7. The van der Waals surface area contributed by atoms with Crippen molar-refractivity contribution in [1.82, 2.24) is 9.97 Å². The topological polar surface area (TPSA) is 25.8 Å². The molecule has 0 radical (unpaired) electrons. The van der Waals surface area contributed by atoms with Crippen LogP contribution in [0.4, 0.5) is 0 Å². The molecule has 2 aromatic heterocycles. The Bertz CT molecular complexity index is 3170. The van der Waals surface area contributed by atoms with Gasteiger partial charge in [0.05, 0.1) is 16.8 Å². The molecule has 1 aliphatic carbocycles. The molecule has 3 heterocycles. The molecule has 0 saturated heterocycles. The van der Waals surface area contributed by atoms with Crippen molar-refractivity contribution in [2.45, 2.75) is 15.2 Å². The standard InChI is InChI=1S/C53H32N2S2/c1-2-12-34(13-3-1)46-32-47(37-26-28-41-40-16-6-10-20-48(40)56-51(41)31-37)55-52(54-46)35-24-22-33(23-25-35)36-27-29-50-45(30-36)53(44-19-9-11-21-49(44)57-50)42-17-7-4-14-38(42)39-15-5-8-18-43(39)53/h1-32H. The lowest BCUT2D eigenvalue weighted by Crippen LogP contribution is -2.32. The number of hydrogen-bond acceptors (Lipinski definition) is 4. The molecule has 10 aromatic rings. The van der Waals surface area contributed by atoms with E-state index >= 15 is 0 Å². The van der Waals surface area contributed by atoms with Crippen molar-refractivity contribution in [2.75, 3.05) is 0 Å². The second kappa shape index (κ2) is 12.7. The molecule has 2 nitrogen and oxygen atoms in total. The minimum atomic E-state index is -0.402. The van der Waals surface area contributed by atoms with Crippen molar-refractivity contribution in [3.05, 3.63) is 216 Å². The highest BCUT2D eigenvalue weighted by atomic mass is 32.2. The van der Waals surface area contributed by atoms with Crippen molar-refractivity contribution in [1.29, 1.82) is 0 Å². The molecule has 1 spiro atoms. The van der Waals surface area contributed by atoms with Crippen LogP contribution in [0.15, 0.2) is 204 Å². The fourth-order valence-corrected chi connectivity index (χ4v) is 11.5. The van der Waals surface area contributed by atoms with Gasteiger partial charge in [-0.3, -0.25) is 0 Å². The minimum Gasteiger partial charge on any atom is -0.228 e. The maximum Gasteiger partial charge on any atom is 0.160 e. The summed E-state index contributed by atoms with van der Waals surface area (Å²) in [6.45, 7) is 0. The number of rotatable bonds is 4. The minimum absolute atomic E-state index is 0.402. The molecular weight excluding hydrogens is 729 g/mol. The molecule has 57 heavy (non-hydrogen) atoms. The van der Waals surface area contributed by atoms with Crippen LogP contribution < -0.4 is 0 Å². The molecule has 0 N–H and O–H groups in total. The first-order valence-electron chi connectivity index (χ1n) is 19.3. The normalized spacial score (nSPS) is 13.3. The quantitative estimate of drug-likeness (QED) is 0.179. The van der Waals surface area contributed by atoms with Gasteiger partial charge in [0.25, 0.3) is 0 Å². The predicted octanol–water partition coefficient (Wildman–Crippen LogP) is 14.3. The van der Waals surface area contributed by atoms with Gasteiger partial charge in [-0.2, -0.15) is 0 Å². The van der Waals surface area contributed by atoms with Gasteiger partial charge in [0.2, 0.25) is 0 Å². The summed E-state index contributed by atoms with van der Waals surface area (Å²) in [5.74, 6) is 0.714. The van der Waals surface area contributed by atoms with E-state index in [1.54, 1.807) is 0 Å². The predicted molar refractivity (Wildman–Crippen MR) is 238 cm³/mol. The van der Waals surface area contributed by atoms with E-state index in [4.69, 9.17) is 9.97 Å². The third-order valence-electron chi connectivity index (χ3n) is 11.8. The van der Waals surface area contributed by atoms with Crippen LogP contribution in [-0.2, 0) is 5.41 Å². The molecule has 266 valence electrons.